The lowest BCUT2D eigenvalue weighted by molar-refractivity contribution is -0.119. The zero-order valence-corrected chi connectivity index (χ0v) is 9.15. The average molecular weight is 225 g/mol. The standard InChI is InChI=1S/C11H13ClN2O/c12-10-3-4-11(13-6-10)9-2-1-5-14(7-9)8-15/h3-4,6,8-9H,1-2,5,7H2. The molecule has 0 aliphatic carbocycles. The number of carbonyl (C=O) groups excluding carboxylic acids is 1. The summed E-state index contributed by atoms with van der Waals surface area (Å²) in [6.07, 6.45) is 4.73. The largest absolute Gasteiger partial charge is 0.345 e. The zero-order valence-electron chi connectivity index (χ0n) is 8.40. The van der Waals surface area contributed by atoms with Crippen LogP contribution < -0.4 is 0 Å². The van der Waals surface area contributed by atoms with Gasteiger partial charge in [0.05, 0.1) is 5.02 Å². The quantitative estimate of drug-likeness (QED) is 0.721. The number of rotatable bonds is 2. The smallest absolute Gasteiger partial charge is 0.209 e. The van der Waals surface area contributed by atoms with E-state index in [9.17, 15) is 4.79 Å². The van der Waals surface area contributed by atoms with E-state index in [2.05, 4.69) is 4.98 Å². The summed E-state index contributed by atoms with van der Waals surface area (Å²) in [7, 11) is 0. The Bertz CT molecular complexity index is 339. The Morgan fingerprint density at radius 2 is 2.40 bits per heavy atom. The average Bonchev–Trinajstić information content (AvgIpc) is 2.30. The van der Waals surface area contributed by atoms with Gasteiger partial charge >= 0.3 is 0 Å². The zero-order chi connectivity index (χ0) is 10.7. The van der Waals surface area contributed by atoms with Crippen LogP contribution >= 0.6 is 11.6 Å². The van der Waals surface area contributed by atoms with Crippen LogP contribution in [0.15, 0.2) is 18.3 Å². The van der Waals surface area contributed by atoms with E-state index in [0.29, 0.717) is 10.9 Å². The summed E-state index contributed by atoms with van der Waals surface area (Å²) >= 11 is 5.78. The minimum atomic E-state index is 0.362. The van der Waals surface area contributed by atoms with E-state index in [0.717, 1.165) is 38.0 Å². The Labute approximate surface area is 94.1 Å². The van der Waals surface area contributed by atoms with Gasteiger partial charge < -0.3 is 4.90 Å². The Morgan fingerprint density at radius 1 is 1.53 bits per heavy atom. The lowest BCUT2D eigenvalue weighted by Gasteiger charge is -2.29. The molecular formula is C11H13ClN2O. The third kappa shape index (κ3) is 2.48. The van der Waals surface area contributed by atoms with Crippen LogP contribution in [0.2, 0.25) is 5.02 Å². The topological polar surface area (TPSA) is 33.2 Å². The summed E-state index contributed by atoms with van der Waals surface area (Å²) in [6, 6.07) is 3.80. The van der Waals surface area contributed by atoms with E-state index < -0.39 is 0 Å². The normalized spacial score (nSPS) is 21.4. The van der Waals surface area contributed by atoms with E-state index in [4.69, 9.17) is 11.6 Å². The SMILES string of the molecule is O=CN1CCCC(c2ccc(Cl)cn2)C1. The molecule has 1 fully saturated rings. The van der Waals surface area contributed by atoms with E-state index in [1.54, 1.807) is 6.20 Å². The number of amides is 1. The molecule has 0 aromatic carbocycles. The number of hydrogen-bond acceptors (Lipinski definition) is 2. The number of aromatic nitrogens is 1. The first-order valence-corrected chi connectivity index (χ1v) is 5.48. The van der Waals surface area contributed by atoms with Crippen molar-refractivity contribution in [3.63, 3.8) is 0 Å². The first-order valence-electron chi connectivity index (χ1n) is 5.10. The third-order valence-electron chi connectivity index (χ3n) is 2.77. The van der Waals surface area contributed by atoms with Crippen LogP contribution in [0.3, 0.4) is 0 Å². The van der Waals surface area contributed by atoms with Gasteiger partial charge in [-0.05, 0) is 25.0 Å². The third-order valence-corrected chi connectivity index (χ3v) is 2.99. The maximum Gasteiger partial charge on any atom is 0.209 e. The fourth-order valence-electron chi connectivity index (χ4n) is 1.97. The second-order valence-corrected chi connectivity index (χ2v) is 4.28. The fraction of sp³-hybridized carbons (Fsp3) is 0.455. The molecule has 1 aromatic heterocycles. The predicted molar refractivity (Wildman–Crippen MR) is 58.9 cm³/mol. The maximum atomic E-state index is 10.7. The van der Waals surface area contributed by atoms with E-state index in [-0.39, 0.29) is 0 Å². The van der Waals surface area contributed by atoms with Gasteiger partial charge in [-0.3, -0.25) is 9.78 Å². The monoisotopic (exact) mass is 224 g/mol. The highest BCUT2D eigenvalue weighted by Crippen LogP contribution is 2.25. The predicted octanol–water partition coefficient (Wildman–Crippen LogP) is 2.07. The van der Waals surface area contributed by atoms with Crippen molar-refractivity contribution in [1.29, 1.82) is 0 Å². The fourth-order valence-corrected chi connectivity index (χ4v) is 2.08. The van der Waals surface area contributed by atoms with Gasteiger partial charge in [0.25, 0.3) is 0 Å². The minimum absolute atomic E-state index is 0.362. The molecule has 15 heavy (non-hydrogen) atoms. The number of halogens is 1. The number of piperidine rings is 1. The van der Waals surface area contributed by atoms with Crippen LogP contribution in [0.5, 0.6) is 0 Å². The molecule has 2 heterocycles. The molecule has 1 saturated heterocycles. The Morgan fingerprint density at radius 3 is 3.07 bits per heavy atom. The molecule has 1 atom stereocenters. The van der Waals surface area contributed by atoms with Gasteiger partial charge in [0.2, 0.25) is 6.41 Å². The van der Waals surface area contributed by atoms with Crippen LogP contribution in [-0.2, 0) is 4.79 Å². The van der Waals surface area contributed by atoms with Crippen molar-refractivity contribution < 1.29 is 4.79 Å². The lowest BCUT2D eigenvalue weighted by Crippen LogP contribution is -2.33. The van der Waals surface area contributed by atoms with Crippen LogP contribution in [0, 0.1) is 0 Å². The molecule has 1 amide bonds. The van der Waals surface area contributed by atoms with E-state index >= 15 is 0 Å². The van der Waals surface area contributed by atoms with Crippen LogP contribution in [-0.4, -0.2) is 29.4 Å². The first kappa shape index (κ1) is 10.4. The van der Waals surface area contributed by atoms with Gasteiger partial charge in [-0.15, -0.1) is 0 Å². The number of pyridine rings is 1. The maximum absolute atomic E-state index is 10.7. The van der Waals surface area contributed by atoms with Crippen molar-refractivity contribution >= 4 is 18.0 Å². The van der Waals surface area contributed by atoms with Crippen LogP contribution in [0.25, 0.3) is 0 Å². The molecule has 0 N–H and O–H groups in total. The molecule has 1 aliphatic heterocycles. The van der Waals surface area contributed by atoms with Crippen molar-refractivity contribution in [3.05, 3.63) is 29.0 Å². The molecule has 2 rings (SSSR count). The Balaban J connectivity index is 2.09. The van der Waals surface area contributed by atoms with Gasteiger partial charge in [-0.25, -0.2) is 0 Å². The number of nitrogens with zero attached hydrogens (tertiary/aromatic N) is 2. The van der Waals surface area contributed by atoms with Crippen molar-refractivity contribution in [2.45, 2.75) is 18.8 Å². The van der Waals surface area contributed by atoms with Gasteiger partial charge in [-0.1, -0.05) is 11.6 Å². The second kappa shape index (κ2) is 4.62. The Kier molecular flexibility index (Phi) is 3.21. The van der Waals surface area contributed by atoms with Crippen molar-refractivity contribution in [1.82, 2.24) is 9.88 Å². The van der Waals surface area contributed by atoms with Crippen molar-refractivity contribution in [3.8, 4) is 0 Å². The first-order chi connectivity index (χ1) is 7.29. The molecule has 0 radical (unpaired) electrons. The Hall–Kier alpha value is -1.09. The van der Waals surface area contributed by atoms with Crippen LogP contribution in [0.4, 0.5) is 0 Å². The lowest BCUT2D eigenvalue weighted by atomic mass is 9.95. The summed E-state index contributed by atoms with van der Waals surface area (Å²) in [4.78, 5) is 16.8. The van der Waals surface area contributed by atoms with Crippen molar-refractivity contribution in [2.24, 2.45) is 0 Å². The molecule has 1 unspecified atom stereocenters. The van der Waals surface area contributed by atoms with Crippen molar-refractivity contribution in [2.75, 3.05) is 13.1 Å². The second-order valence-electron chi connectivity index (χ2n) is 3.84. The molecular weight excluding hydrogens is 212 g/mol. The molecule has 3 nitrogen and oxygen atoms in total. The van der Waals surface area contributed by atoms with E-state index in [1.165, 1.54) is 0 Å². The van der Waals surface area contributed by atoms with Gasteiger partial charge in [0, 0.05) is 30.9 Å². The summed E-state index contributed by atoms with van der Waals surface area (Å²) in [6.45, 7) is 1.64. The summed E-state index contributed by atoms with van der Waals surface area (Å²) < 4.78 is 0. The molecule has 80 valence electrons. The molecule has 1 aromatic rings. The highest BCUT2D eigenvalue weighted by molar-refractivity contribution is 6.30. The molecule has 0 saturated carbocycles. The molecule has 4 heteroatoms. The van der Waals surface area contributed by atoms with Gasteiger partial charge in [0.1, 0.15) is 0 Å². The van der Waals surface area contributed by atoms with Crippen LogP contribution in [0.1, 0.15) is 24.5 Å². The summed E-state index contributed by atoms with van der Waals surface area (Å²) in [5, 5.41) is 0.654. The molecule has 0 bridgehead atoms. The number of likely N-dealkylation sites (tertiary alicyclic amines) is 1. The van der Waals surface area contributed by atoms with Gasteiger partial charge in [0.15, 0.2) is 0 Å². The highest BCUT2D eigenvalue weighted by Gasteiger charge is 2.20. The summed E-state index contributed by atoms with van der Waals surface area (Å²) in [5.41, 5.74) is 1.03. The molecule has 1 aliphatic rings. The highest BCUT2D eigenvalue weighted by atomic mass is 35.5. The molecule has 0 spiro atoms. The van der Waals surface area contributed by atoms with Gasteiger partial charge in [-0.2, -0.15) is 0 Å². The minimum Gasteiger partial charge on any atom is -0.345 e. The summed E-state index contributed by atoms with van der Waals surface area (Å²) in [5.74, 6) is 0.362. The van der Waals surface area contributed by atoms with E-state index in [1.807, 2.05) is 17.0 Å². The number of hydrogen-bond donors (Lipinski definition) is 0. The number of carbonyl (C=O) groups is 1.